The van der Waals surface area contributed by atoms with Gasteiger partial charge in [-0.3, -0.25) is 0 Å². The smallest absolute Gasteiger partial charge is 0.122 e. The number of methoxy groups -OCH3 is 1. The van der Waals surface area contributed by atoms with Gasteiger partial charge < -0.3 is 15.4 Å². The molecule has 3 heteroatoms. The molecule has 0 heterocycles. The van der Waals surface area contributed by atoms with Crippen molar-refractivity contribution in [3.63, 3.8) is 0 Å². The first-order valence-corrected chi connectivity index (χ1v) is 7.06. The van der Waals surface area contributed by atoms with E-state index in [0.717, 1.165) is 18.7 Å². The zero-order valence-electron chi connectivity index (χ0n) is 12.9. The van der Waals surface area contributed by atoms with Crippen molar-refractivity contribution >= 4 is 0 Å². The monoisotopic (exact) mass is 264 g/mol. The minimum atomic E-state index is 0.416. The normalized spacial score (nSPS) is 13.1. The Kier molecular flexibility index (Phi) is 6.32. The SMILES string of the molecule is COc1ccc(C(C)C)cc1CCN(C)C(C)CN. The van der Waals surface area contributed by atoms with E-state index in [4.69, 9.17) is 10.5 Å². The van der Waals surface area contributed by atoms with Gasteiger partial charge in [0.1, 0.15) is 5.75 Å². The molecule has 1 atom stereocenters. The number of likely N-dealkylation sites (N-methyl/N-ethyl adjacent to an activating group) is 1. The number of nitrogens with zero attached hydrogens (tertiary/aromatic N) is 1. The van der Waals surface area contributed by atoms with Crippen LogP contribution in [0, 0.1) is 0 Å². The van der Waals surface area contributed by atoms with E-state index in [1.165, 1.54) is 11.1 Å². The Morgan fingerprint density at radius 1 is 1.26 bits per heavy atom. The second-order valence-electron chi connectivity index (χ2n) is 5.54. The van der Waals surface area contributed by atoms with Gasteiger partial charge in [-0.2, -0.15) is 0 Å². The van der Waals surface area contributed by atoms with Gasteiger partial charge in [-0.1, -0.05) is 26.0 Å². The van der Waals surface area contributed by atoms with Crippen LogP contribution < -0.4 is 10.5 Å². The molecule has 0 amide bonds. The summed E-state index contributed by atoms with van der Waals surface area (Å²) in [5.41, 5.74) is 8.34. The maximum Gasteiger partial charge on any atom is 0.122 e. The van der Waals surface area contributed by atoms with Gasteiger partial charge in [0.2, 0.25) is 0 Å². The van der Waals surface area contributed by atoms with Crippen LogP contribution in [0.15, 0.2) is 18.2 Å². The maximum atomic E-state index is 5.70. The fraction of sp³-hybridized carbons (Fsp3) is 0.625. The summed E-state index contributed by atoms with van der Waals surface area (Å²) in [6.45, 7) is 8.28. The second-order valence-corrected chi connectivity index (χ2v) is 5.54. The lowest BCUT2D eigenvalue weighted by Crippen LogP contribution is -2.36. The summed E-state index contributed by atoms with van der Waals surface area (Å²) in [7, 11) is 3.86. The predicted molar refractivity (Wildman–Crippen MR) is 81.9 cm³/mol. The van der Waals surface area contributed by atoms with Crippen molar-refractivity contribution in [3.8, 4) is 5.75 Å². The summed E-state index contributed by atoms with van der Waals surface area (Å²) in [5, 5.41) is 0. The van der Waals surface area contributed by atoms with E-state index in [2.05, 4.69) is 50.9 Å². The standard InChI is InChI=1S/C16H28N2O/c1-12(2)14-6-7-16(19-5)15(10-14)8-9-18(4)13(3)11-17/h6-7,10,12-13H,8-9,11,17H2,1-5H3. The molecule has 3 nitrogen and oxygen atoms in total. The van der Waals surface area contributed by atoms with E-state index in [9.17, 15) is 0 Å². The summed E-state index contributed by atoms with van der Waals surface area (Å²) >= 11 is 0. The van der Waals surface area contributed by atoms with Gasteiger partial charge in [0.25, 0.3) is 0 Å². The van der Waals surface area contributed by atoms with Gasteiger partial charge in [0, 0.05) is 19.1 Å². The fourth-order valence-corrected chi connectivity index (χ4v) is 2.05. The Balaban J connectivity index is 2.77. The summed E-state index contributed by atoms with van der Waals surface area (Å²) in [6, 6.07) is 6.92. The number of ether oxygens (including phenoxy) is 1. The van der Waals surface area contributed by atoms with Crippen LogP contribution in [0.25, 0.3) is 0 Å². The number of benzene rings is 1. The molecule has 0 bridgehead atoms. The highest BCUT2D eigenvalue weighted by atomic mass is 16.5. The molecular formula is C16H28N2O. The highest BCUT2D eigenvalue weighted by Gasteiger charge is 2.10. The molecule has 0 radical (unpaired) electrons. The highest BCUT2D eigenvalue weighted by Crippen LogP contribution is 2.24. The van der Waals surface area contributed by atoms with Crippen LogP contribution in [0.2, 0.25) is 0 Å². The van der Waals surface area contributed by atoms with E-state index < -0.39 is 0 Å². The van der Waals surface area contributed by atoms with E-state index in [-0.39, 0.29) is 0 Å². The zero-order valence-corrected chi connectivity index (χ0v) is 12.9. The third-order valence-corrected chi connectivity index (χ3v) is 3.80. The summed E-state index contributed by atoms with van der Waals surface area (Å²) in [6.07, 6.45) is 0.991. The first-order chi connectivity index (χ1) is 8.99. The van der Waals surface area contributed by atoms with Crippen molar-refractivity contribution in [1.82, 2.24) is 4.90 Å². The van der Waals surface area contributed by atoms with Gasteiger partial charge in [0.05, 0.1) is 7.11 Å². The molecule has 0 fully saturated rings. The van der Waals surface area contributed by atoms with Crippen LogP contribution in [-0.4, -0.2) is 38.2 Å². The average molecular weight is 264 g/mol. The minimum absolute atomic E-state index is 0.416. The topological polar surface area (TPSA) is 38.5 Å². The van der Waals surface area contributed by atoms with Crippen LogP contribution in [0.3, 0.4) is 0 Å². The van der Waals surface area contributed by atoms with Gasteiger partial charge in [-0.25, -0.2) is 0 Å². The third-order valence-electron chi connectivity index (χ3n) is 3.80. The Labute approximate surface area is 117 Å². The summed E-state index contributed by atoms with van der Waals surface area (Å²) in [4.78, 5) is 2.29. The maximum absolute atomic E-state index is 5.70. The molecule has 108 valence electrons. The largest absolute Gasteiger partial charge is 0.496 e. The van der Waals surface area contributed by atoms with E-state index >= 15 is 0 Å². The van der Waals surface area contributed by atoms with Crippen molar-refractivity contribution in [2.75, 3.05) is 27.2 Å². The lowest BCUT2D eigenvalue weighted by molar-refractivity contribution is 0.265. The summed E-state index contributed by atoms with van der Waals surface area (Å²) in [5.74, 6) is 1.53. The molecule has 0 aromatic heterocycles. The molecule has 1 aromatic carbocycles. The highest BCUT2D eigenvalue weighted by molar-refractivity contribution is 5.38. The molecule has 0 saturated carbocycles. The predicted octanol–water partition coefficient (Wildman–Crippen LogP) is 2.64. The third kappa shape index (κ3) is 4.51. The Morgan fingerprint density at radius 2 is 1.95 bits per heavy atom. The van der Waals surface area contributed by atoms with Crippen LogP contribution in [0.5, 0.6) is 5.75 Å². The molecule has 0 saturated heterocycles. The molecule has 1 rings (SSSR count). The summed E-state index contributed by atoms with van der Waals surface area (Å²) < 4.78 is 5.46. The fourth-order valence-electron chi connectivity index (χ4n) is 2.05. The lowest BCUT2D eigenvalue weighted by atomic mass is 9.98. The molecule has 0 aliphatic rings. The van der Waals surface area contributed by atoms with Gasteiger partial charge >= 0.3 is 0 Å². The van der Waals surface area contributed by atoms with Gasteiger partial charge in [-0.15, -0.1) is 0 Å². The Hall–Kier alpha value is -1.06. The molecule has 0 aliphatic carbocycles. The first-order valence-electron chi connectivity index (χ1n) is 7.06. The van der Waals surface area contributed by atoms with Gasteiger partial charge in [-0.05, 0) is 43.5 Å². The van der Waals surface area contributed by atoms with Crippen LogP contribution >= 0.6 is 0 Å². The van der Waals surface area contributed by atoms with E-state index in [0.29, 0.717) is 18.5 Å². The molecular weight excluding hydrogens is 236 g/mol. The second kappa shape index (κ2) is 7.51. The molecule has 1 unspecified atom stereocenters. The van der Waals surface area contributed by atoms with E-state index in [1.807, 2.05) is 0 Å². The van der Waals surface area contributed by atoms with Crippen LogP contribution in [0.1, 0.15) is 37.8 Å². The van der Waals surface area contributed by atoms with Crippen molar-refractivity contribution in [3.05, 3.63) is 29.3 Å². The van der Waals surface area contributed by atoms with Crippen molar-refractivity contribution in [2.24, 2.45) is 5.73 Å². The molecule has 19 heavy (non-hydrogen) atoms. The molecule has 0 spiro atoms. The number of hydrogen-bond donors (Lipinski definition) is 1. The quantitative estimate of drug-likeness (QED) is 0.823. The Morgan fingerprint density at radius 3 is 2.47 bits per heavy atom. The van der Waals surface area contributed by atoms with Gasteiger partial charge in [0.15, 0.2) is 0 Å². The van der Waals surface area contributed by atoms with Crippen molar-refractivity contribution in [2.45, 2.75) is 39.2 Å². The average Bonchev–Trinajstić information content (AvgIpc) is 2.43. The van der Waals surface area contributed by atoms with Crippen LogP contribution in [0.4, 0.5) is 0 Å². The van der Waals surface area contributed by atoms with E-state index in [1.54, 1.807) is 7.11 Å². The number of hydrogen-bond acceptors (Lipinski definition) is 3. The zero-order chi connectivity index (χ0) is 14.4. The Bertz CT molecular complexity index is 390. The lowest BCUT2D eigenvalue weighted by Gasteiger charge is -2.23. The number of nitrogens with two attached hydrogens (primary N) is 1. The minimum Gasteiger partial charge on any atom is -0.496 e. The number of rotatable bonds is 7. The van der Waals surface area contributed by atoms with Crippen LogP contribution in [-0.2, 0) is 6.42 Å². The first kappa shape index (κ1) is 16.0. The van der Waals surface area contributed by atoms with Crippen molar-refractivity contribution in [1.29, 1.82) is 0 Å². The van der Waals surface area contributed by atoms with Crippen molar-refractivity contribution < 1.29 is 4.74 Å². The molecule has 2 N–H and O–H groups in total. The molecule has 0 aliphatic heterocycles. The molecule has 1 aromatic rings.